The second-order valence-corrected chi connectivity index (χ2v) is 6.16. The Morgan fingerprint density at radius 1 is 1.38 bits per heavy atom. The number of amides is 2. The van der Waals surface area contributed by atoms with Gasteiger partial charge < -0.3 is 20.1 Å². The first kappa shape index (κ1) is 17.3. The fourth-order valence-corrected chi connectivity index (χ4v) is 2.14. The Bertz CT molecular complexity index is 403. The number of carboxylic acids is 1. The molecule has 0 bridgehead atoms. The fraction of sp³-hybridized carbons (Fsp3) is 0.786. The van der Waals surface area contributed by atoms with Crippen molar-refractivity contribution in [3.63, 3.8) is 0 Å². The Morgan fingerprint density at radius 2 is 2.05 bits per heavy atom. The molecule has 1 saturated heterocycles. The van der Waals surface area contributed by atoms with Crippen LogP contribution in [0.2, 0.25) is 0 Å². The Kier molecular flexibility index (Phi) is 5.99. The van der Waals surface area contributed by atoms with E-state index in [0.717, 1.165) is 12.8 Å². The van der Waals surface area contributed by atoms with Gasteiger partial charge in [0, 0.05) is 13.1 Å². The molecule has 7 heteroatoms. The van der Waals surface area contributed by atoms with Crippen molar-refractivity contribution in [3.05, 3.63) is 0 Å². The van der Waals surface area contributed by atoms with Crippen LogP contribution in [-0.4, -0.2) is 52.7 Å². The third kappa shape index (κ3) is 6.46. The van der Waals surface area contributed by atoms with Gasteiger partial charge in [0.2, 0.25) is 5.91 Å². The number of aliphatic carboxylic acids is 1. The molecule has 1 fully saturated rings. The standard InChI is InChI=1S/C14H24N2O5/c1-14(2,3)21-13(20)15-10-6-4-5-8-16(12(10)19)9-7-11(17)18/h10H,4-9H2,1-3H3,(H,15,20)(H,17,18)/t10-/m0/s1. The van der Waals surface area contributed by atoms with E-state index in [1.807, 2.05) is 0 Å². The van der Waals surface area contributed by atoms with E-state index in [1.165, 1.54) is 4.90 Å². The third-order valence-corrected chi connectivity index (χ3v) is 3.07. The highest BCUT2D eigenvalue weighted by molar-refractivity contribution is 5.86. The highest BCUT2D eigenvalue weighted by Crippen LogP contribution is 2.14. The molecule has 1 rings (SSSR count). The molecule has 120 valence electrons. The molecule has 0 saturated carbocycles. The Balaban J connectivity index is 2.61. The van der Waals surface area contributed by atoms with Gasteiger partial charge in [-0.2, -0.15) is 0 Å². The van der Waals surface area contributed by atoms with Crippen molar-refractivity contribution in [1.29, 1.82) is 0 Å². The zero-order valence-electron chi connectivity index (χ0n) is 12.8. The molecule has 1 heterocycles. The first-order valence-corrected chi connectivity index (χ1v) is 7.19. The summed E-state index contributed by atoms with van der Waals surface area (Å²) >= 11 is 0. The van der Waals surface area contributed by atoms with Crippen LogP contribution >= 0.6 is 0 Å². The van der Waals surface area contributed by atoms with Gasteiger partial charge in [-0.1, -0.05) is 0 Å². The minimum atomic E-state index is -0.941. The molecule has 0 aromatic rings. The van der Waals surface area contributed by atoms with E-state index in [9.17, 15) is 14.4 Å². The third-order valence-electron chi connectivity index (χ3n) is 3.07. The minimum Gasteiger partial charge on any atom is -0.481 e. The molecule has 0 aromatic heterocycles. The predicted octanol–water partition coefficient (Wildman–Crippen LogP) is 1.37. The van der Waals surface area contributed by atoms with E-state index >= 15 is 0 Å². The average Bonchev–Trinajstić information content (AvgIpc) is 2.48. The molecule has 21 heavy (non-hydrogen) atoms. The zero-order chi connectivity index (χ0) is 16.0. The summed E-state index contributed by atoms with van der Waals surface area (Å²) in [4.78, 5) is 36.2. The number of carbonyl (C=O) groups excluding carboxylic acids is 2. The summed E-state index contributed by atoms with van der Waals surface area (Å²) in [6, 6.07) is -0.642. The first-order valence-electron chi connectivity index (χ1n) is 7.19. The van der Waals surface area contributed by atoms with Crippen LogP contribution in [0.25, 0.3) is 0 Å². The number of rotatable bonds is 4. The van der Waals surface area contributed by atoms with Gasteiger partial charge in [0.1, 0.15) is 11.6 Å². The van der Waals surface area contributed by atoms with Crippen LogP contribution in [0.3, 0.4) is 0 Å². The van der Waals surface area contributed by atoms with Gasteiger partial charge in [0.15, 0.2) is 0 Å². The molecule has 0 spiro atoms. The fourth-order valence-electron chi connectivity index (χ4n) is 2.14. The molecule has 0 aromatic carbocycles. The van der Waals surface area contributed by atoms with Crippen LogP contribution < -0.4 is 5.32 Å². The monoisotopic (exact) mass is 300 g/mol. The van der Waals surface area contributed by atoms with Crippen molar-refractivity contribution in [2.75, 3.05) is 13.1 Å². The van der Waals surface area contributed by atoms with Crippen LogP contribution in [0.1, 0.15) is 46.5 Å². The summed E-state index contributed by atoms with van der Waals surface area (Å²) in [5, 5.41) is 11.3. The molecule has 2 N–H and O–H groups in total. The summed E-state index contributed by atoms with van der Waals surface area (Å²) in [7, 11) is 0. The molecule has 7 nitrogen and oxygen atoms in total. The van der Waals surface area contributed by atoms with E-state index < -0.39 is 23.7 Å². The molecule has 1 aliphatic rings. The SMILES string of the molecule is CC(C)(C)OC(=O)N[C@H]1CCCCN(CCC(=O)O)C1=O. The van der Waals surface area contributed by atoms with Crippen molar-refractivity contribution < 1.29 is 24.2 Å². The van der Waals surface area contributed by atoms with Crippen LogP contribution in [0.5, 0.6) is 0 Å². The summed E-state index contributed by atoms with van der Waals surface area (Å²) in [6.07, 6.45) is 1.43. The lowest BCUT2D eigenvalue weighted by Gasteiger charge is -2.26. The van der Waals surface area contributed by atoms with Crippen molar-refractivity contribution in [2.45, 2.75) is 58.1 Å². The Labute approximate surface area is 124 Å². The number of hydrogen-bond acceptors (Lipinski definition) is 4. The number of carboxylic acid groups (broad SMARTS) is 1. The number of nitrogens with zero attached hydrogens (tertiary/aromatic N) is 1. The van der Waals surface area contributed by atoms with E-state index in [4.69, 9.17) is 9.84 Å². The molecule has 1 atom stereocenters. The topological polar surface area (TPSA) is 95.9 Å². The second kappa shape index (κ2) is 7.28. The maximum atomic E-state index is 12.3. The van der Waals surface area contributed by atoms with Crippen LogP contribution in [-0.2, 0) is 14.3 Å². The number of carbonyl (C=O) groups is 3. The smallest absolute Gasteiger partial charge is 0.408 e. The number of nitrogens with one attached hydrogen (secondary N) is 1. The molecular weight excluding hydrogens is 276 g/mol. The van der Waals surface area contributed by atoms with Gasteiger partial charge in [0.05, 0.1) is 6.42 Å². The number of alkyl carbamates (subject to hydrolysis) is 1. The Hall–Kier alpha value is -1.79. The molecular formula is C14H24N2O5. The van der Waals surface area contributed by atoms with Crippen molar-refractivity contribution in [3.8, 4) is 0 Å². The summed E-state index contributed by atoms with van der Waals surface area (Å²) in [5.74, 6) is -1.18. The quantitative estimate of drug-likeness (QED) is 0.817. The largest absolute Gasteiger partial charge is 0.481 e. The molecule has 0 unspecified atom stereocenters. The molecule has 1 aliphatic heterocycles. The van der Waals surface area contributed by atoms with E-state index in [0.29, 0.717) is 13.0 Å². The minimum absolute atomic E-state index is 0.0924. The van der Waals surface area contributed by atoms with Gasteiger partial charge >= 0.3 is 12.1 Å². The highest BCUT2D eigenvalue weighted by atomic mass is 16.6. The van der Waals surface area contributed by atoms with Gasteiger partial charge in [-0.25, -0.2) is 4.79 Å². The van der Waals surface area contributed by atoms with Crippen LogP contribution in [0.15, 0.2) is 0 Å². The number of ether oxygens (including phenoxy) is 1. The molecule has 0 radical (unpaired) electrons. The predicted molar refractivity (Wildman–Crippen MR) is 75.8 cm³/mol. The van der Waals surface area contributed by atoms with Gasteiger partial charge in [-0.05, 0) is 40.0 Å². The van der Waals surface area contributed by atoms with E-state index in [1.54, 1.807) is 20.8 Å². The summed E-state index contributed by atoms with van der Waals surface area (Å²) in [5.41, 5.74) is -0.624. The van der Waals surface area contributed by atoms with Crippen molar-refractivity contribution in [1.82, 2.24) is 10.2 Å². The maximum absolute atomic E-state index is 12.3. The summed E-state index contributed by atoms with van der Waals surface area (Å²) in [6.45, 7) is 5.95. The number of likely N-dealkylation sites (tertiary alicyclic amines) is 1. The van der Waals surface area contributed by atoms with Crippen molar-refractivity contribution in [2.24, 2.45) is 0 Å². The second-order valence-electron chi connectivity index (χ2n) is 6.16. The van der Waals surface area contributed by atoms with Crippen LogP contribution in [0.4, 0.5) is 4.79 Å². The molecule has 0 aliphatic carbocycles. The summed E-state index contributed by atoms with van der Waals surface area (Å²) < 4.78 is 5.15. The zero-order valence-corrected chi connectivity index (χ0v) is 12.8. The normalized spacial score (nSPS) is 19.9. The first-order chi connectivity index (χ1) is 9.69. The maximum Gasteiger partial charge on any atom is 0.408 e. The van der Waals surface area contributed by atoms with Gasteiger partial charge in [0.25, 0.3) is 0 Å². The van der Waals surface area contributed by atoms with Crippen molar-refractivity contribution >= 4 is 18.0 Å². The van der Waals surface area contributed by atoms with E-state index in [-0.39, 0.29) is 18.9 Å². The average molecular weight is 300 g/mol. The van der Waals surface area contributed by atoms with Crippen LogP contribution in [0, 0.1) is 0 Å². The lowest BCUT2D eigenvalue weighted by Crippen LogP contribution is -2.49. The van der Waals surface area contributed by atoms with Gasteiger partial charge in [-0.3, -0.25) is 9.59 Å². The Morgan fingerprint density at radius 3 is 2.62 bits per heavy atom. The highest BCUT2D eigenvalue weighted by Gasteiger charge is 2.29. The molecule has 2 amide bonds. The lowest BCUT2D eigenvalue weighted by atomic mass is 10.1. The lowest BCUT2D eigenvalue weighted by molar-refractivity contribution is -0.139. The number of hydrogen-bond donors (Lipinski definition) is 2. The van der Waals surface area contributed by atoms with E-state index in [2.05, 4.69) is 5.32 Å². The van der Waals surface area contributed by atoms with Gasteiger partial charge in [-0.15, -0.1) is 0 Å².